The van der Waals surface area contributed by atoms with Gasteiger partial charge in [-0.2, -0.15) is 0 Å². The number of aromatic nitrogens is 1. The minimum Gasteiger partial charge on any atom is -0.450 e. The molecule has 0 bridgehead atoms. The molecule has 0 aliphatic heterocycles. The van der Waals surface area contributed by atoms with Crippen molar-refractivity contribution < 1.29 is 9.66 Å². The molecule has 0 saturated heterocycles. The molecule has 0 radical (unpaired) electrons. The zero-order valence-electron chi connectivity index (χ0n) is 8.84. The van der Waals surface area contributed by atoms with E-state index < -0.39 is 4.92 Å². The molecule has 1 aromatic heterocycles. The van der Waals surface area contributed by atoms with Crippen LogP contribution in [0.3, 0.4) is 0 Å². The molecular weight excluding hydrogens is 279 g/mol. The van der Waals surface area contributed by atoms with E-state index >= 15 is 0 Å². The van der Waals surface area contributed by atoms with Gasteiger partial charge in [0.1, 0.15) is 10.9 Å². The lowest BCUT2D eigenvalue weighted by molar-refractivity contribution is -0.385. The van der Waals surface area contributed by atoms with Crippen LogP contribution in [0.5, 0.6) is 11.5 Å². The second-order valence-corrected chi connectivity index (χ2v) is 4.11. The van der Waals surface area contributed by atoms with E-state index in [0.717, 1.165) is 0 Å². The lowest BCUT2D eigenvalue weighted by Crippen LogP contribution is -1.93. The van der Waals surface area contributed by atoms with Crippen LogP contribution in [0.1, 0.15) is 0 Å². The number of pyridine rings is 1. The van der Waals surface area contributed by atoms with Crippen molar-refractivity contribution in [2.45, 2.75) is 0 Å². The summed E-state index contributed by atoms with van der Waals surface area (Å²) in [7, 11) is 0. The zero-order valence-corrected chi connectivity index (χ0v) is 10.4. The predicted molar refractivity (Wildman–Crippen MR) is 67.4 cm³/mol. The first-order valence-electron chi connectivity index (χ1n) is 4.79. The Morgan fingerprint density at radius 2 is 2.00 bits per heavy atom. The Kier molecular flexibility index (Phi) is 3.64. The summed E-state index contributed by atoms with van der Waals surface area (Å²) >= 11 is 11.5. The highest BCUT2D eigenvalue weighted by Crippen LogP contribution is 2.33. The van der Waals surface area contributed by atoms with Gasteiger partial charge in [-0.25, -0.2) is 4.98 Å². The number of nitro benzene ring substituents is 1. The molecule has 0 aliphatic carbocycles. The third-order valence-electron chi connectivity index (χ3n) is 2.04. The van der Waals surface area contributed by atoms with Gasteiger partial charge in [0.2, 0.25) is 5.75 Å². The van der Waals surface area contributed by atoms with Gasteiger partial charge in [0.25, 0.3) is 0 Å². The predicted octanol–water partition coefficient (Wildman–Crippen LogP) is 4.09. The van der Waals surface area contributed by atoms with Gasteiger partial charge >= 0.3 is 5.69 Å². The molecule has 0 N–H and O–H groups in total. The van der Waals surface area contributed by atoms with E-state index in [9.17, 15) is 10.1 Å². The molecule has 1 aromatic carbocycles. The summed E-state index contributed by atoms with van der Waals surface area (Å²) in [4.78, 5) is 14.1. The number of ether oxygens (including phenoxy) is 1. The number of nitro groups is 1. The highest BCUT2D eigenvalue weighted by Gasteiger charge is 2.16. The summed E-state index contributed by atoms with van der Waals surface area (Å²) in [5.74, 6) is 0.398. The van der Waals surface area contributed by atoms with E-state index in [1.165, 1.54) is 36.5 Å². The van der Waals surface area contributed by atoms with E-state index in [0.29, 0.717) is 10.8 Å². The molecule has 1 heterocycles. The van der Waals surface area contributed by atoms with Crippen molar-refractivity contribution in [3.63, 3.8) is 0 Å². The van der Waals surface area contributed by atoms with Crippen LogP contribution < -0.4 is 4.74 Å². The number of benzene rings is 1. The van der Waals surface area contributed by atoms with Gasteiger partial charge in [-0.1, -0.05) is 23.2 Å². The third kappa shape index (κ3) is 2.88. The van der Waals surface area contributed by atoms with Gasteiger partial charge < -0.3 is 4.74 Å². The van der Waals surface area contributed by atoms with Crippen molar-refractivity contribution in [2.75, 3.05) is 0 Å². The van der Waals surface area contributed by atoms with Gasteiger partial charge in [0.15, 0.2) is 0 Å². The smallest absolute Gasteiger partial charge is 0.311 e. The van der Waals surface area contributed by atoms with Crippen LogP contribution in [-0.4, -0.2) is 9.91 Å². The van der Waals surface area contributed by atoms with Crippen molar-refractivity contribution in [3.05, 3.63) is 56.8 Å². The van der Waals surface area contributed by atoms with E-state index in [4.69, 9.17) is 27.9 Å². The molecule has 92 valence electrons. The van der Waals surface area contributed by atoms with E-state index in [-0.39, 0.29) is 16.6 Å². The lowest BCUT2D eigenvalue weighted by Gasteiger charge is -2.06. The topological polar surface area (TPSA) is 65.3 Å². The second kappa shape index (κ2) is 5.20. The highest BCUT2D eigenvalue weighted by atomic mass is 35.5. The Labute approximate surface area is 112 Å². The maximum absolute atomic E-state index is 10.8. The summed E-state index contributed by atoms with van der Waals surface area (Å²) in [5, 5.41) is 11.4. The van der Waals surface area contributed by atoms with Crippen molar-refractivity contribution in [1.82, 2.24) is 4.98 Å². The number of rotatable bonds is 3. The monoisotopic (exact) mass is 284 g/mol. The van der Waals surface area contributed by atoms with Crippen molar-refractivity contribution >= 4 is 28.9 Å². The molecule has 0 atom stereocenters. The Morgan fingerprint density at radius 3 is 2.67 bits per heavy atom. The molecule has 0 aliphatic rings. The fraction of sp³-hybridized carbons (Fsp3) is 0. The van der Waals surface area contributed by atoms with Gasteiger partial charge in [0.05, 0.1) is 4.92 Å². The Balaban J connectivity index is 2.39. The largest absolute Gasteiger partial charge is 0.450 e. The van der Waals surface area contributed by atoms with Crippen LogP contribution in [-0.2, 0) is 0 Å². The first-order valence-corrected chi connectivity index (χ1v) is 5.55. The van der Waals surface area contributed by atoms with E-state index in [1.807, 2.05) is 0 Å². The molecule has 0 spiro atoms. The van der Waals surface area contributed by atoms with Crippen molar-refractivity contribution in [1.29, 1.82) is 0 Å². The Hall–Kier alpha value is -1.85. The van der Waals surface area contributed by atoms with E-state index in [1.54, 1.807) is 0 Å². The van der Waals surface area contributed by atoms with Crippen LogP contribution in [0.25, 0.3) is 0 Å². The van der Waals surface area contributed by atoms with Gasteiger partial charge in [0, 0.05) is 29.4 Å². The second-order valence-electron chi connectivity index (χ2n) is 3.29. The Bertz CT molecular complexity index is 605. The quantitative estimate of drug-likeness (QED) is 0.484. The van der Waals surface area contributed by atoms with E-state index in [2.05, 4.69) is 4.98 Å². The molecule has 2 aromatic rings. The maximum Gasteiger partial charge on any atom is 0.311 e. The SMILES string of the molecule is O=[N+]([O-])c1ccc(Cl)cc1Oc1ccnc(Cl)c1. The molecule has 5 nitrogen and oxygen atoms in total. The molecule has 0 unspecified atom stereocenters. The summed E-state index contributed by atoms with van der Waals surface area (Å²) in [6.45, 7) is 0. The lowest BCUT2D eigenvalue weighted by atomic mass is 10.3. The average Bonchev–Trinajstić information content (AvgIpc) is 2.28. The summed E-state index contributed by atoms with van der Waals surface area (Å²) in [6, 6.07) is 7.06. The van der Waals surface area contributed by atoms with Crippen LogP contribution in [0.4, 0.5) is 5.69 Å². The number of nitrogens with zero attached hydrogens (tertiary/aromatic N) is 2. The number of hydrogen-bond donors (Lipinski definition) is 0. The minimum atomic E-state index is -0.547. The molecule has 0 saturated carbocycles. The average molecular weight is 285 g/mol. The van der Waals surface area contributed by atoms with Gasteiger partial charge in [-0.15, -0.1) is 0 Å². The standard InChI is InChI=1S/C11H6Cl2N2O3/c12-7-1-2-9(15(16)17)10(5-7)18-8-3-4-14-11(13)6-8/h1-6H. The van der Waals surface area contributed by atoms with Crippen molar-refractivity contribution in [2.24, 2.45) is 0 Å². The van der Waals surface area contributed by atoms with Gasteiger partial charge in [-0.05, 0) is 12.1 Å². The van der Waals surface area contributed by atoms with Crippen molar-refractivity contribution in [3.8, 4) is 11.5 Å². The normalized spacial score (nSPS) is 10.1. The first-order chi connectivity index (χ1) is 8.56. The summed E-state index contributed by atoms with van der Waals surface area (Å²) in [5.41, 5.74) is -0.174. The number of hydrogen-bond acceptors (Lipinski definition) is 4. The Morgan fingerprint density at radius 1 is 1.22 bits per heavy atom. The first kappa shape index (κ1) is 12.6. The minimum absolute atomic E-state index is 0.0507. The summed E-state index contributed by atoms with van der Waals surface area (Å²) in [6.07, 6.45) is 1.44. The molecule has 2 rings (SSSR count). The molecular formula is C11H6Cl2N2O3. The van der Waals surface area contributed by atoms with Gasteiger partial charge in [-0.3, -0.25) is 10.1 Å². The van der Waals surface area contributed by atoms with Crippen LogP contribution in [0.2, 0.25) is 10.2 Å². The third-order valence-corrected chi connectivity index (χ3v) is 2.49. The molecule has 0 amide bonds. The fourth-order valence-electron chi connectivity index (χ4n) is 1.30. The van der Waals surface area contributed by atoms with Crippen LogP contribution in [0, 0.1) is 10.1 Å². The summed E-state index contributed by atoms with van der Waals surface area (Å²) < 4.78 is 5.38. The fourth-order valence-corrected chi connectivity index (χ4v) is 1.62. The molecule has 7 heteroatoms. The molecule has 18 heavy (non-hydrogen) atoms. The highest BCUT2D eigenvalue weighted by molar-refractivity contribution is 6.30. The number of halogens is 2. The zero-order chi connectivity index (χ0) is 13.1. The van der Waals surface area contributed by atoms with Crippen LogP contribution in [0.15, 0.2) is 36.5 Å². The molecule has 0 fully saturated rings. The maximum atomic E-state index is 10.8. The van der Waals surface area contributed by atoms with Crippen LogP contribution >= 0.6 is 23.2 Å².